The number of para-hydroxylation sites is 1. The molecule has 3 aromatic rings. The number of carbonyl (C=O) groups excluding carboxylic acids is 3. The Morgan fingerprint density at radius 2 is 1.31 bits per heavy atom. The lowest BCUT2D eigenvalue weighted by atomic mass is 10.1. The average molecular weight is 668 g/mol. The quantitative estimate of drug-likeness (QED) is 0.104. The summed E-state index contributed by atoms with van der Waals surface area (Å²) in [5, 5.41) is 41.6. The van der Waals surface area contributed by atoms with Gasteiger partial charge in [-0.25, -0.2) is 14.4 Å². The normalized spacial score (nSPS) is 18.7. The van der Waals surface area contributed by atoms with Crippen molar-refractivity contribution in [3.8, 4) is 5.75 Å². The minimum absolute atomic E-state index is 0.0323. The van der Waals surface area contributed by atoms with Crippen LogP contribution in [-0.2, 0) is 14.2 Å². The first kappa shape index (κ1) is 36.2. The largest absolute Gasteiger partial charge is 0.507 e. The van der Waals surface area contributed by atoms with Gasteiger partial charge in [-0.3, -0.25) is 9.36 Å². The Morgan fingerprint density at radius 1 is 0.771 bits per heavy atom. The molecular weight excluding hydrogens is 626 g/mol. The Morgan fingerprint density at radius 3 is 1.88 bits per heavy atom. The van der Waals surface area contributed by atoms with Gasteiger partial charge in [-0.15, -0.1) is 0 Å². The number of aliphatic hydroxyl groups excluding tert-OH is 3. The third-order valence-electron chi connectivity index (χ3n) is 7.88. The molecule has 5 N–H and O–H groups in total. The molecule has 1 fully saturated rings. The van der Waals surface area contributed by atoms with Gasteiger partial charge in [0.05, 0.1) is 30.9 Å². The molecule has 14 nitrogen and oxygen atoms in total. The molecule has 0 spiro atoms. The molecule has 1 amide bonds. The van der Waals surface area contributed by atoms with Crippen LogP contribution in [0, 0.1) is 0 Å². The molecule has 0 radical (unpaired) electrons. The molecule has 0 bridgehead atoms. The van der Waals surface area contributed by atoms with Crippen LogP contribution in [0.2, 0.25) is 0 Å². The van der Waals surface area contributed by atoms with Crippen molar-refractivity contribution < 1.29 is 49.0 Å². The van der Waals surface area contributed by atoms with Crippen molar-refractivity contribution in [2.75, 3.05) is 25.1 Å². The number of esters is 2. The lowest BCUT2D eigenvalue weighted by Gasteiger charge is -2.17. The first-order valence-corrected chi connectivity index (χ1v) is 16.0. The van der Waals surface area contributed by atoms with E-state index in [0.29, 0.717) is 13.0 Å². The Bertz CT molecular complexity index is 1590. The third kappa shape index (κ3) is 9.70. The van der Waals surface area contributed by atoms with Crippen LogP contribution >= 0.6 is 0 Å². The van der Waals surface area contributed by atoms with E-state index in [2.05, 4.69) is 10.3 Å². The van der Waals surface area contributed by atoms with Crippen LogP contribution in [-0.4, -0.2) is 86.0 Å². The summed E-state index contributed by atoms with van der Waals surface area (Å²) in [6.07, 6.45) is 3.25. The van der Waals surface area contributed by atoms with Crippen LogP contribution in [0.3, 0.4) is 0 Å². The summed E-state index contributed by atoms with van der Waals surface area (Å²) in [5.41, 5.74) is -0.626. The molecule has 1 aliphatic rings. The molecule has 0 aliphatic carbocycles. The number of aromatic hydroxyl groups is 1. The monoisotopic (exact) mass is 667 g/mol. The Balaban J connectivity index is 1.12. The van der Waals surface area contributed by atoms with E-state index in [1.807, 2.05) is 0 Å². The summed E-state index contributed by atoms with van der Waals surface area (Å²) < 4.78 is 16.9. The second kappa shape index (κ2) is 18.1. The summed E-state index contributed by atoms with van der Waals surface area (Å²) >= 11 is 0. The summed E-state index contributed by atoms with van der Waals surface area (Å²) in [6, 6.07) is 13.7. The SMILES string of the molecule is O=C(OCCCCCCCCCCOC(=O)c1ccccc1C(=O)Nc1ccn([C@@H]2O[C@H](CO)[C@@H](O)[C@@H]2O)c(=O)n1)c1ccccc1O. The number of nitrogens with one attached hydrogen (secondary N) is 1. The van der Waals surface area contributed by atoms with Crippen LogP contribution in [0.5, 0.6) is 5.75 Å². The zero-order valence-electron chi connectivity index (χ0n) is 26.4. The second-order valence-corrected chi connectivity index (χ2v) is 11.3. The van der Waals surface area contributed by atoms with E-state index in [-0.39, 0.29) is 34.9 Å². The highest BCUT2D eigenvalue weighted by atomic mass is 16.6. The fourth-order valence-corrected chi connectivity index (χ4v) is 5.22. The number of benzene rings is 2. The smallest absolute Gasteiger partial charge is 0.351 e. The van der Waals surface area contributed by atoms with Crippen LogP contribution in [0.15, 0.2) is 65.6 Å². The maximum atomic E-state index is 13.0. The van der Waals surface area contributed by atoms with Gasteiger partial charge in [-0.05, 0) is 43.2 Å². The van der Waals surface area contributed by atoms with Crippen LogP contribution < -0.4 is 11.0 Å². The first-order chi connectivity index (χ1) is 23.2. The highest BCUT2D eigenvalue weighted by Gasteiger charge is 2.43. The van der Waals surface area contributed by atoms with Crippen LogP contribution in [0.25, 0.3) is 0 Å². The topological polar surface area (TPSA) is 207 Å². The summed E-state index contributed by atoms with van der Waals surface area (Å²) in [7, 11) is 0. The molecule has 48 heavy (non-hydrogen) atoms. The maximum Gasteiger partial charge on any atom is 0.351 e. The lowest BCUT2D eigenvalue weighted by Crippen LogP contribution is -2.36. The molecule has 258 valence electrons. The number of unbranched alkanes of at least 4 members (excludes halogenated alkanes) is 7. The Hall–Kier alpha value is -4.63. The van der Waals surface area contributed by atoms with Gasteiger partial charge in [0.25, 0.3) is 5.91 Å². The van der Waals surface area contributed by atoms with E-state index in [4.69, 9.17) is 14.2 Å². The number of aromatic nitrogens is 2. The number of aliphatic hydroxyl groups is 3. The zero-order valence-corrected chi connectivity index (χ0v) is 26.4. The van der Waals surface area contributed by atoms with Gasteiger partial charge in [-0.2, -0.15) is 4.98 Å². The summed E-state index contributed by atoms with van der Waals surface area (Å²) in [5.74, 6) is -2.07. The predicted octanol–water partition coefficient (Wildman–Crippen LogP) is 2.95. The lowest BCUT2D eigenvalue weighted by molar-refractivity contribution is -0.0549. The van der Waals surface area contributed by atoms with E-state index in [1.165, 1.54) is 36.5 Å². The van der Waals surface area contributed by atoms with Crippen molar-refractivity contribution >= 4 is 23.7 Å². The van der Waals surface area contributed by atoms with Crippen LogP contribution in [0.4, 0.5) is 5.82 Å². The van der Waals surface area contributed by atoms with E-state index >= 15 is 0 Å². The van der Waals surface area contributed by atoms with Crippen LogP contribution in [0.1, 0.15) is 88.7 Å². The number of rotatable bonds is 17. The molecule has 4 atom stereocenters. The summed E-state index contributed by atoms with van der Waals surface area (Å²) in [4.78, 5) is 54.2. The fraction of sp³-hybridized carbons (Fsp3) is 0.441. The number of ether oxygens (including phenoxy) is 3. The van der Waals surface area contributed by atoms with Gasteiger partial charge in [-0.1, -0.05) is 62.8 Å². The number of nitrogens with zero attached hydrogens (tertiary/aromatic N) is 2. The van der Waals surface area contributed by atoms with Gasteiger partial charge in [0.2, 0.25) is 0 Å². The number of hydrogen-bond acceptors (Lipinski definition) is 12. The van der Waals surface area contributed by atoms with Crippen molar-refractivity contribution in [3.05, 3.63) is 88.0 Å². The second-order valence-electron chi connectivity index (χ2n) is 11.3. The van der Waals surface area contributed by atoms with E-state index in [9.17, 15) is 39.6 Å². The highest BCUT2D eigenvalue weighted by Crippen LogP contribution is 2.28. The molecular formula is C34H41N3O11. The Kier molecular flexibility index (Phi) is 13.6. The molecule has 0 saturated carbocycles. The molecule has 14 heteroatoms. The molecule has 0 unspecified atom stereocenters. The number of hydrogen-bond donors (Lipinski definition) is 5. The van der Waals surface area contributed by atoms with Crippen molar-refractivity contribution in [1.82, 2.24) is 9.55 Å². The number of phenols is 1. The fourth-order valence-electron chi connectivity index (χ4n) is 5.22. The molecule has 4 rings (SSSR count). The van der Waals surface area contributed by atoms with E-state index in [0.717, 1.165) is 49.5 Å². The van der Waals surface area contributed by atoms with Crippen molar-refractivity contribution in [3.63, 3.8) is 0 Å². The minimum Gasteiger partial charge on any atom is -0.507 e. The number of phenolic OH excluding ortho intramolecular Hbond substituents is 1. The van der Waals surface area contributed by atoms with Crippen molar-refractivity contribution in [2.24, 2.45) is 0 Å². The van der Waals surface area contributed by atoms with Gasteiger partial charge in [0.15, 0.2) is 6.23 Å². The Labute approximate surface area is 276 Å². The standard InChI is InChI=1S/C34H41N3O11/c38-21-26-28(40)29(41)31(48-26)37-18-17-27(36-34(37)45)35-30(42)22-13-7-8-14-23(22)32(43)46-19-11-5-3-1-2-4-6-12-20-47-33(44)24-15-9-10-16-25(24)39/h7-10,13-18,26,28-29,31,38-41H,1-6,11-12,19-21H2,(H,35,36,42,45)/t26-,28-,29+,31-/m1/s1. The van der Waals surface area contributed by atoms with Crippen molar-refractivity contribution in [1.29, 1.82) is 0 Å². The van der Waals surface area contributed by atoms with Gasteiger partial charge in [0.1, 0.15) is 35.4 Å². The van der Waals surface area contributed by atoms with Gasteiger partial charge in [0, 0.05) is 6.20 Å². The number of anilines is 1. The molecule has 1 aromatic heterocycles. The summed E-state index contributed by atoms with van der Waals surface area (Å²) in [6.45, 7) is -0.0611. The highest BCUT2D eigenvalue weighted by molar-refractivity contribution is 6.10. The zero-order chi connectivity index (χ0) is 34.5. The molecule has 2 aromatic carbocycles. The minimum atomic E-state index is -1.47. The van der Waals surface area contributed by atoms with E-state index in [1.54, 1.807) is 24.3 Å². The average Bonchev–Trinajstić information content (AvgIpc) is 3.37. The number of carbonyl (C=O) groups is 3. The van der Waals surface area contributed by atoms with Gasteiger partial charge >= 0.3 is 17.6 Å². The molecule has 2 heterocycles. The predicted molar refractivity (Wildman–Crippen MR) is 172 cm³/mol. The third-order valence-corrected chi connectivity index (χ3v) is 7.88. The first-order valence-electron chi connectivity index (χ1n) is 16.0. The maximum absolute atomic E-state index is 13.0. The molecule has 1 aliphatic heterocycles. The van der Waals surface area contributed by atoms with Gasteiger partial charge < -0.3 is 40.0 Å². The van der Waals surface area contributed by atoms with Crippen molar-refractivity contribution in [2.45, 2.75) is 75.9 Å². The molecule has 1 saturated heterocycles. The van der Waals surface area contributed by atoms with E-state index < -0.39 is 54.7 Å². The number of amides is 1.